The minimum atomic E-state index is -0.530. The van der Waals surface area contributed by atoms with Crippen molar-refractivity contribution in [1.29, 1.82) is 0 Å². The van der Waals surface area contributed by atoms with E-state index in [1.807, 2.05) is 12.2 Å². The fraction of sp³-hybridized carbons (Fsp3) is 0.0526. The number of aliphatic hydroxyl groups excluding tert-OH is 1. The first-order valence-corrected chi connectivity index (χ1v) is 7.10. The normalized spacial score (nSPS) is 19.2. The minimum Gasteiger partial charge on any atom is -0.385 e. The van der Waals surface area contributed by atoms with Gasteiger partial charge in [0.25, 0.3) is 0 Å². The van der Waals surface area contributed by atoms with Crippen LogP contribution in [-0.2, 0) is 0 Å². The number of hydrogen-bond acceptors (Lipinski definition) is 1. The summed E-state index contributed by atoms with van der Waals surface area (Å²) >= 11 is 0. The fourth-order valence-electron chi connectivity index (χ4n) is 3.43. The van der Waals surface area contributed by atoms with Crippen molar-refractivity contribution >= 4 is 32.8 Å². The van der Waals surface area contributed by atoms with Crippen LogP contribution >= 0.6 is 0 Å². The second kappa shape index (κ2) is 3.70. The molecule has 3 aromatic rings. The Bertz CT molecular complexity index is 1070. The lowest BCUT2D eigenvalue weighted by Crippen LogP contribution is -2.23. The molecule has 0 unspecified atom stereocenters. The Labute approximate surface area is 121 Å². The van der Waals surface area contributed by atoms with Gasteiger partial charge in [-0.1, -0.05) is 35.0 Å². The van der Waals surface area contributed by atoms with Crippen LogP contribution in [0.1, 0.15) is 5.56 Å². The van der Waals surface area contributed by atoms with Crippen molar-refractivity contribution in [3.63, 3.8) is 0 Å². The summed E-state index contributed by atoms with van der Waals surface area (Å²) in [5.74, 6) is 0. The maximum Gasteiger partial charge on any atom is 0.336 e. The van der Waals surface area contributed by atoms with Gasteiger partial charge in [0, 0.05) is 23.1 Å². The Kier molecular flexibility index (Phi) is 1.95. The van der Waals surface area contributed by atoms with E-state index in [0.29, 0.717) is 0 Å². The second-order valence-electron chi connectivity index (χ2n) is 5.58. The molecule has 2 heteroatoms. The molecule has 3 aromatic carbocycles. The predicted octanol–water partition coefficient (Wildman–Crippen LogP) is 2.17. The zero-order chi connectivity index (χ0) is 14.0. The molecule has 1 aliphatic carbocycles. The van der Waals surface area contributed by atoms with Gasteiger partial charge in [0.15, 0.2) is 0 Å². The molecule has 1 N–H and O–H groups in total. The van der Waals surface area contributed by atoms with Crippen LogP contribution in [0, 0.1) is 0 Å². The largest absolute Gasteiger partial charge is 0.385 e. The number of aliphatic hydroxyl groups is 1. The molecule has 0 saturated carbocycles. The van der Waals surface area contributed by atoms with Crippen molar-refractivity contribution in [3.05, 3.63) is 71.6 Å². The lowest BCUT2D eigenvalue weighted by Gasteiger charge is -2.13. The first-order valence-electron chi connectivity index (χ1n) is 7.10. The van der Waals surface area contributed by atoms with E-state index in [9.17, 15) is 5.11 Å². The summed E-state index contributed by atoms with van der Waals surface area (Å²) in [7, 11) is 0. The Morgan fingerprint density at radius 2 is 1.71 bits per heavy atom. The van der Waals surface area contributed by atoms with Crippen molar-refractivity contribution in [2.45, 2.75) is 6.10 Å². The van der Waals surface area contributed by atoms with Crippen LogP contribution in [0.5, 0.6) is 0 Å². The molecule has 0 aromatic heterocycles. The van der Waals surface area contributed by atoms with Crippen molar-refractivity contribution in [3.8, 4) is 0 Å². The molecule has 1 aliphatic heterocycles. The van der Waals surface area contributed by atoms with Crippen molar-refractivity contribution in [1.82, 2.24) is 4.67 Å². The lowest BCUT2D eigenvalue weighted by molar-refractivity contribution is 0.272. The highest BCUT2D eigenvalue weighted by Gasteiger charge is 2.28. The number of nitrogens with zero attached hydrogens (tertiary/aromatic N) is 1. The van der Waals surface area contributed by atoms with E-state index in [4.69, 9.17) is 4.67 Å². The van der Waals surface area contributed by atoms with Crippen molar-refractivity contribution in [2.75, 3.05) is 0 Å². The van der Waals surface area contributed by atoms with Gasteiger partial charge < -0.3 is 5.11 Å². The highest BCUT2D eigenvalue weighted by molar-refractivity contribution is 6.33. The molecular weight excluding hydrogens is 258 g/mol. The van der Waals surface area contributed by atoms with E-state index in [2.05, 4.69) is 42.5 Å². The Morgan fingerprint density at radius 3 is 2.57 bits per heavy atom. The summed E-state index contributed by atoms with van der Waals surface area (Å²) in [4.78, 5) is 0. The maximum atomic E-state index is 9.88. The number of allylic oxidation sites excluding steroid dienone is 2. The predicted molar refractivity (Wildman–Crippen MR) is 86.0 cm³/mol. The molecule has 0 bridgehead atoms. The number of benzene rings is 3. The third-order valence-corrected chi connectivity index (χ3v) is 4.35. The Balaban J connectivity index is 2.11. The molecule has 98 valence electrons. The molecule has 0 fully saturated rings. The summed E-state index contributed by atoms with van der Waals surface area (Å²) in [6.45, 7) is 0. The Hall–Kier alpha value is -2.67. The molecular formula is C19H12NO+. The van der Waals surface area contributed by atoms with Crippen LogP contribution in [0.15, 0.2) is 60.7 Å². The Morgan fingerprint density at radius 1 is 0.905 bits per heavy atom. The monoisotopic (exact) mass is 270 g/mol. The zero-order valence-corrected chi connectivity index (χ0v) is 11.2. The first-order chi connectivity index (χ1) is 10.3. The molecule has 5 rings (SSSR count). The minimum absolute atomic E-state index is 0.530. The standard InChI is InChI=1S/C19H12NO/c21-13-6-9-16-15(10-13)14-7-4-11-2-1-3-12-5-8-17(20-16)19(14)18(11)12/h1-10,13,21H/q+1/t13-/m0/s1. The average Bonchev–Trinajstić information content (AvgIpc) is 2.52. The molecule has 0 radical (unpaired) electrons. The highest BCUT2D eigenvalue weighted by atomic mass is 16.3. The highest BCUT2D eigenvalue weighted by Crippen LogP contribution is 2.32. The van der Waals surface area contributed by atoms with Gasteiger partial charge in [-0.2, -0.15) is 0 Å². The third kappa shape index (κ3) is 1.38. The van der Waals surface area contributed by atoms with Crippen LogP contribution in [0.4, 0.5) is 0 Å². The maximum absolute atomic E-state index is 9.88. The van der Waals surface area contributed by atoms with Crippen LogP contribution in [-0.4, -0.2) is 16.9 Å². The van der Waals surface area contributed by atoms with Gasteiger partial charge in [-0.15, -0.1) is 0 Å². The quantitative estimate of drug-likeness (QED) is 0.624. The summed E-state index contributed by atoms with van der Waals surface area (Å²) in [5, 5.41) is 15.8. The van der Waals surface area contributed by atoms with Gasteiger partial charge in [-0.05, 0) is 29.0 Å². The summed E-state index contributed by atoms with van der Waals surface area (Å²) in [6, 6.07) is 14.9. The molecule has 1 heterocycles. The van der Waals surface area contributed by atoms with Gasteiger partial charge >= 0.3 is 11.1 Å². The van der Waals surface area contributed by atoms with Gasteiger partial charge in [0.1, 0.15) is 0 Å². The van der Waals surface area contributed by atoms with Gasteiger partial charge in [-0.3, -0.25) is 0 Å². The smallest absolute Gasteiger partial charge is 0.336 e. The van der Waals surface area contributed by atoms with Crippen LogP contribution in [0.3, 0.4) is 0 Å². The summed E-state index contributed by atoms with van der Waals surface area (Å²) < 4.78 is 4.77. The van der Waals surface area contributed by atoms with E-state index < -0.39 is 6.10 Å². The molecule has 21 heavy (non-hydrogen) atoms. The van der Waals surface area contributed by atoms with E-state index >= 15 is 0 Å². The molecule has 2 nitrogen and oxygen atoms in total. The summed E-state index contributed by atoms with van der Waals surface area (Å²) in [5.41, 5.74) is 3.14. The van der Waals surface area contributed by atoms with Gasteiger partial charge in [0.05, 0.1) is 17.1 Å². The number of fused-ring (bicyclic) bond motifs is 2. The number of hydrogen-bond donors (Lipinski definition) is 1. The molecule has 2 aliphatic rings. The van der Waals surface area contributed by atoms with Gasteiger partial charge in [-0.25, -0.2) is 0 Å². The van der Waals surface area contributed by atoms with Crippen molar-refractivity contribution < 1.29 is 5.11 Å². The lowest BCUT2D eigenvalue weighted by atomic mass is 9.87. The molecule has 0 amide bonds. The fourth-order valence-corrected chi connectivity index (χ4v) is 3.43. The topological polar surface area (TPSA) is 34.3 Å². The molecule has 0 saturated heterocycles. The molecule has 1 atom stereocenters. The molecule has 0 spiro atoms. The van der Waals surface area contributed by atoms with Crippen LogP contribution in [0.2, 0.25) is 0 Å². The average molecular weight is 270 g/mol. The van der Waals surface area contributed by atoms with E-state index in [1.165, 1.54) is 27.1 Å². The van der Waals surface area contributed by atoms with Gasteiger partial charge in [0.2, 0.25) is 0 Å². The number of rotatable bonds is 0. The second-order valence-corrected chi connectivity index (χ2v) is 5.58. The van der Waals surface area contributed by atoms with Crippen LogP contribution in [0.25, 0.3) is 27.1 Å². The first kappa shape index (κ1) is 11.0. The van der Waals surface area contributed by atoms with Crippen LogP contribution < -0.4 is 10.0 Å². The summed E-state index contributed by atoms with van der Waals surface area (Å²) in [6.07, 6.45) is 5.04. The van der Waals surface area contributed by atoms with Crippen molar-refractivity contribution in [2.24, 2.45) is 0 Å². The SMILES string of the molecule is O[C@H]1C=CC2=[N+]=c3ccc4cccc5ccc(c3c54)C2=C1. The van der Waals surface area contributed by atoms with E-state index in [0.717, 1.165) is 16.6 Å². The van der Waals surface area contributed by atoms with E-state index in [1.54, 1.807) is 6.08 Å². The zero-order valence-electron chi connectivity index (χ0n) is 11.2. The third-order valence-electron chi connectivity index (χ3n) is 4.35. The van der Waals surface area contributed by atoms with E-state index in [-0.39, 0.29) is 0 Å².